The number of ketones is 1. The number of rotatable bonds is 8. The molecule has 12 heteroatoms. The molecule has 1 N–H and O–H groups in total. The first-order valence-electron chi connectivity index (χ1n) is 15.1. The second kappa shape index (κ2) is 13.2. The summed E-state index contributed by atoms with van der Waals surface area (Å²) in [7, 11) is 1.71. The summed E-state index contributed by atoms with van der Waals surface area (Å²) in [6, 6.07) is 12.9. The number of piperidine rings is 1. The first kappa shape index (κ1) is 31.6. The number of aromatic carboxylic acids is 1. The van der Waals surface area contributed by atoms with E-state index in [1.54, 1.807) is 19.2 Å². The monoisotopic (exact) mass is 651 g/mol. The van der Waals surface area contributed by atoms with Crippen LogP contribution in [0, 0.1) is 11.6 Å². The molecule has 0 spiro atoms. The topological polar surface area (TPSA) is 109 Å². The van der Waals surface area contributed by atoms with Gasteiger partial charge < -0.3 is 24.5 Å². The van der Waals surface area contributed by atoms with Crippen LogP contribution in [0.15, 0.2) is 59.8 Å². The maximum atomic E-state index is 14.7. The summed E-state index contributed by atoms with van der Waals surface area (Å²) in [5.41, 5.74) is 2.85. The number of benzene rings is 3. The van der Waals surface area contributed by atoms with Crippen LogP contribution in [-0.4, -0.2) is 72.3 Å². The third-order valence-corrected chi connectivity index (χ3v) is 9.25. The van der Waals surface area contributed by atoms with Gasteiger partial charge in [-0.3, -0.25) is 9.59 Å². The van der Waals surface area contributed by atoms with E-state index in [1.165, 1.54) is 17.0 Å². The van der Waals surface area contributed by atoms with E-state index in [0.717, 1.165) is 49.3 Å². The Morgan fingerprint density at radius 2 is 1.78 bits per heavy atom. The highest BCUT2D eigenvalue weighted by Crippen LogP contribution is 2.39. The van der Waals surface area contributed by atoms with Gasteiger partial charge in [0, 0.05) is 45.3 Å². The zero-order valence-corrected chi connectivity index (χ0v) is 25.8. The Hall–Kier alpha value is -4.35. The van der Waals surface area contributed by atoms with Crippen molar-refractivity contribution >= 4 is 40.7 Å². The molecule has 3 aromatic carbocycles. The summed E-state index contributed by atoms with van der Waals surface area (Å²) in [4.78, 5) is 48.7. The van der Waals surface area contributed by atoms with Crippen LogP contribution in [0.5, 0.6) is 0 Å². The minimum absolute atomic E-state index is 0.0521. The number of methoxy groups -OCH3 is 1. The Labute approximate surface area is 269 Å². The van der Waals surface area contributed by atoms with Gasteiger partial charge in [0.2, 0.25) is 6.10 Å². The van der Waals surface area contributed by atoms with E-state index in [1.807, 2.05) is 18.2 Å². The lowest BCUT2D eigenvalue weighted by Gasteiger charge is -2.40. The third-order valence-electron chi connectivity index (χ3n) is 8.96. The van der Waals surface area contributed by atoms with Crippen LogP contribution in [0.2, 0.25) is 5.02 Å². The fourth-order valence-corrected chi connectivity index (χ4v) is 6.72. The molecule has 0 aromatic heterocycles. The van der Waals surface area contributed by atoms with Gasteiger partial charge in [-0.25, -0.2) is 13.6 Å². The molecule has 240 valence electrons. The van der Waals surface area contributed by atoms with Crippen LogP contribution >= 0.6 is 11.6 Å². The molecule has 2 atom stereocenters. The Kier molecular flexibility index (Phi) is 9.06. The van der Waals surface area contributed by atoms with Crippen molar-refractivity contribution in [2.75, 3.05) is 31.6 Å². The van der Waals surface area contributed by atoms with Gasteiger partial charge in [0.25, 0.3) is 5.91 Å². The van der Waals surface area contributed by atoms with Crippen molar-refractivity contribution in [3.05, 3.63) is 99.1 Å². The van der Waals surface area contributed by atoms with E-state index in [4.69, 9.17) is 21.2 Å². The molecule has 2 unspecified atom stereocenters. The largest absolute Gasteiger partial charge is 0.478 e. The van der Waals surface area contributed by atoms with Crippen LogP contribution < -0.4 is 4.90 Å². The van der Waals surface area contributed by atoms with Gasteiger partial charge >= 0.3 is 5.97 Å². The number of hydrogen-bond acceptors (Lipinski definition) is 7. The predicted octanol–water partition coefficient (Wildman–Crippen LogP) is 5.36. The van der Waals surface area contributed by atoms with Crippen LogP contribution in [0.3, 0.4) is 0 Å². The normalized spacial score (nSPS) is 19.8. The van der Waals surface area contributed by atoms with Crippen molar-refractivity contribution in [3.8, 4) is 0 Å². The lowest BCUT2D eigenvalue weighted by atomic mass is 9.86. The molecule has 3 aromatic rings. The molecule has 3 aliphatic rings. The van der Waals surface area contributed by atoms with Gasteiger partial charge in [-0.2, -0.15) is 0 Å². The number of carbonyl (C=O) groups is 3. The average Bonchev–Trinajstić information content (AvgIpc) is 3.55. The SMILES string of the molecule is COC1CCN(c2cccc3c2CCN(C(=O)C2CC(c4c(F)ccc(Cl)c4F)=NO2)C3C(=O)Cc2ccc(C(=O)O)cc2)CC1. The fraction of sp³-hybridized carbons (Fsp3) is 0.353. The molecular weight excluding hydrogens is 620 g/mol. The molecule has 9 nitrogen and oxygen atoms in total. The van der Waals surface area contributed by atoms with Crippen LogP contribution in [0.1, 0.15) is 57.9 Å². The molecule has 1 saturated heterocycles. The molecule has 3 aliphatic heterocycles. The minimum Gasteiger partial charge on any atom is -0.478 e. The van der Waals surface area contributed by atoms with E-state index in [-0.39, 0.29) is 47.6 Å². The summed E-state index contributed by atoms with van der Waals surface area (Å²) < 4.78 is 34.9. The van der Waals surface area contributed by atoms with Gasteiger partial charge in [0.1, 0.15) is 11.9 Å². The minimum atomic E-state index is -1.20. The number of carboxylic acid groups (broad SMARTS) is 1. The number of halogens is 3. The van der Waals surface area contributed by atoms with E-state index >= 15 is 0 Å². The second-order valence-corrected chi connectivity index (χ2v) is 12.1. The summed E-state index contributed by atoms with van der Waals surface area (Å²) in [6.45, 7) is 1.79. The van der Waals surface area contributed by atoms with Crippen molar-refractivity contribution in [2.24, 2.45) is 5.16 Å². The number of carbonyl (C=O) groups excluding carboxylic acids is 2. The van der Waals surface area contributed by atoms with Gasteiger partial charge in [-0.1, -0.05) is 41.0 Å². The molecule has 46 heavy (non-hydrogen) atoms. The van der Waals surface area contributed by atoms with Crippen LogP contribution in [0.4, 0.5) is 14.5 Å². The van der Waals surface area contributed by atoms with Crippen molar-refractivity contribution < 1.29 is 37.8 Å². The molecule has 1 fully saturated rings. The van der Waals surface area contributed by atoms with Crippen LogP contribution in [0.25, 0.3) is 0 Å². The van der Waals surface area contributed by atoms with E-state index in [2.05, 4.69) is 10.1 Å². The molecule has 0 aliphatic carbocycles. The number of ether oxygens (including phenoxy) is 1. The van der Waals surface area contributed by atoms with Crippen molar-refractivity contribution in [1.82, 2.24) is 4.90 Å². The summed E-state index contributed by atoms with van der Waals surface area (Å²) in [5, 5.41) is 12.8. The fourth-order valence-electron chi connectivity index (χ4n) is 6.56. The predicted molar refractivity (Wildman–Crippen MR) is 166 cm³/mol. The van der Waals surface area contributed by atoms with E-state index in [0.29, 0.717) is 17.5 Å². The third kappa shape index (κ3) is 6.09. The number of amides is 1. The quantitative estimate of drug-likeness (QED) is 0.327. The Bertz CT molecular complexity index is 1710. The smallest absolute Gasteiger partial charge is 0.335 e. The molecule has 0 radical (unpaired) electrons. The number of fused-ring (bicyclic) bond motifs is 1. The molecular formula is C34H32ClF2N3O6. The maximum absolute atomic E-state index is 14.7. The molecule has 0 saturated carbocycles. The van der Waals surface area contributed by atoms with Crippen molar-refractivity contribution in [1.29, 1.82) is 0 Å². The highest BCUT2D eigenvalue weighted by atomic mass is 35.5. The average molecular weight is 652 g/mol. The summed E-state index contributed by atoms with van der Waals surface area (Å²) >= 11 is 5.87. The van der Waals surface area contributed by atoms with Gasteiger partial charge in [0.05, 0.1) is 28.0 Å². The molecule has 1 amide bonds. The standard InChI is InChI=1S/C34H32ClF2N3O6/c1-45-21-11-14-39(15-12-21)27-4-2-3-23-22(27)13-16-40(32(23)28(41)17-19-5-7-20(8-6-19)34(43)44)33(42)29-18-26(38-46-29)30-25(36)10-9-24(35)31(30)37/h2-10,21,29,32H,11-18H2,1H3,(H,43,44). The number of nitrogens with zero attached hydrogens (tertiary/aromatic N) is 3. The molecule has 3 heterocycles. The Morgan fingerprint density at radius 3 is 2.48 bits per heavy atom. The molecule has 0 bridgehead atoms. The van der Waals surface area contributed by atoms with Crippen molar-refractivity contribution in [2.45, 2.75) is 50.4 Å². The second-order valence-electron chi connectivity index (χ2n) is 11.7. The molecule has 6 rings (SSSR count). The highest BCUT2D eigenvalue weighted by molar-refractivity contribution is 6.31. The number of hydrogen-bond donors (Lipinski definition) is 1. The maximum Gasteiger partial charge on any atom is 0.335 e. The van der Waals surface area contributed by atoms with Gasteiger partial charge in [0.15, 0.2) is 11.6 Å². The van der Waals surface area contributed by atoms with Gasteiger partial charge in [-0.05, 0) is 66.3 Å². The van der Waals surface area contributed by atoms with E-state index < -0.39 is 41.2 Å². The number of anilines is 1. The van der Waals surface area contributed by atoms with E-state index in [9.17, 15) is 28.3 Å². The summed E-state index contributed by atoms with van der Waals surface area (Å²) in [5.74, 6) is -3.74. The zero-order valence-electron chi connectivity index (χ0n) is 25.0. The first-order valence-corrected chi connectivity index (χ1v) is 15.5. The number of carboxylic acids is 1. The summed E-state index contributed by atoms with van der Waals surface area (Å²) in [6.07, 6.45) is 0.958. The van der Waals surface area contributed by atoms with Crippen molar-refractivity contribution in [3.63, 3.8) is 0 Å². The first-order chi connectivity index (χ1) is 22.2. The van der Waals surface area contributed by atoms with Gasteiger partial charge in [-0.15, -0.1) is 0 Å². The lowest BCUT2D eigenvalue weighted by Crippen LogP contribution is -2.48. The Morgan fingerprint density at radius 1 is 1.04 bits per heavy atom. The lowest BCUT2D eigenvalue weighted by molar-refractivity contribution is -0.149. The number of oxime groups is 1. The Balaban J connectivity index is 1.30. The number of Topliss-reactive ketones (excluding diaryl/α,β-unsaturated/α-hetero) is 1. The van der Waals surface area contributed by atoms with Crippen LogP contribution in [-0.2, 0) is 32.0 Å². The highest BCUT2D eigenvalue weighted by Gasteiger charge is 2.42. The zero-order chi connectivity index (χ0) is 32.5.